The Hall–Kier alpha value is -4.08. The standard InChI is InChI=1S/C38H47N7O2/c1-26(2)33-10-11-34(41-40-33)28-5-8-32(9-6-28)47-36-23-35-29(22-30(36)25-45-24-27(3)21-38(45)46)7-12-37(39-35)44-19-17-43(18-20-44)31-13-15-42(4)16-14-31/h5-12,22-23,26-27,31H,13-21,24-25H2,1-4H3/t27-/m0/s1. The molecule has 1 amide bonds. The van der Waals surface area contributed by atoms with E-state index in [9.17, 15) is 4.79 Å². The van der Waals surface area contributed by atoms with Crippen molar-refractivity contribution in [2.75, 3.05) is 57.8 Å². The number of nitrogens with zero attached hydrogens (tertiary/aromatic N) is 7. The number of hydrogen-bond acceptors (Lipinski definition) is 8. The van der Waals surface area contributed by atoms with Crippen LogP contribution in [-0.4, -0.2) is 94.7 Å². The molecule has 0 bridgehead atoms. The molecule has 5 heterocycles. The van der Waals surface area contributed by atoms with Gasteiger partial charge in [0.25, 0.3) is 0 Å². The number of rotatable bonds is 8. The smallest absolute Gasteiger partial charge is 0.223 e. The number of carbonyl (C=O) groups is 1. The summed E-state index contributed by atoms with van der Waals surface area (Å²) < 4.78 is 6.57. The molecule has 47 heavy (non-hydrogen) atoms. The van der Waals surface area contributed by atoms with E-state index in [1.165, 1.54) is 25.9 Å². The predicted molar refractivity (Wildman–Crippen MR) is 187 cm³/mol. The van der Waals surface area contributed by atoms with E-state index >= 15 is 0 Å². The molecule has 7 rings (SSSR count). The van der Waals surface area contributed by atoms with E-state index in [4.69, 9.17) is 9.72 Å². The highest BCUT2D eigenvalue weighted by Crippen LogP contribution is 2.34. The first-order chi connectivity index (χ1) is 22.8. The van der Waals surface area contributed by atoms with Crippen molar-refractivity contribution in [2.45, 2.75) is 58.5 Å². The van der Waals surface area contributed by atoms with Crippen LogP contribution in [-0.2, 0) is 11.3 Å². The van der Waals surface area contributed by atoms with Crippen LogP contribution in [0.2, 0.25) is 0 Å². The number of amides is 1. The first kappa shape index (κ1) is 31.5. The van der Waals surface area contributed by atoms with Crippen molar-refractivity contribution in [2.24, 2.45) is 5.92 Å². The number of likely N-dealkylation sites (tertiary alicyclic amines) is 2. The fourth-order valence-electron chi connectivity index (χ4n) is 7.21. The number of benzene rings is 2. The fraction of sp³-hybridized carbons (Fsp3) is 0.474. The monoisotopic (exact) mass is 633 g/mol. The van der Waals surface area contributed by atoms with Gasteiger partial charge in [0.05, 0.1) is 16.9 Å². The largest absolute Gasteiger partial charge is 0.457 e. The van der Waals surface area contributed by atoms with Crippen molar-refractivity contribution in [1.82, 2.24) is 29.9 Å². The van der Waals surface area contributed by atoms with E-state index in [0.29, 0.717) is 30.8 Å². The summed E-state index contributed by atoms with van der Waals surface area (Å²) in [5, 5.41) is 9.88. The minimum Gasteiger partial charge on any atom is -0.457 e. The van der Waals surface area contributed by atoms with Gasteiger partial charge >= 0.3 is 0 Å². The van der Waals surface area contributed by atoms with E-state index in [0.717, 1.165) is 83.5 Å². The Morgan fingerprint density at radius 3 is 2.32 bits per heavy atom. The summed E-state index contributed by atoms with van der Waals surface area (Å²) in [4.78, 5) is 27.4. The maximum atomic E-state index is 12.8. The molecule has 0 spiro atoms. The number of anilines is 1. The summed E-state index contributed by atoms with van der Waals surface area (Å²) >= 11 is 0. The zero-order valence-electron chi connectivity index (χ0n) is 28.2. The Balaban J connectivity index is 1.12. The van der Waals surface area contributed by atoms with Crippen molar-refractivity contribution < 1.29 is 9.53 Å². The molecule has 0 aliphatic carbocycles. The van der Waals surface area contributed by atoms with Gasteiger partial charge in [-0.05, 0) is 99.4 Å². The Bertz CT molecular complexity index is 1690. The average molecular weight is 634 g/mol. The average Bonchev–Trinajstić information content (AvgIpc) is 3.41. The third-order valence-electron chi connectivity index (χ3n) is 10.1. The van der Waals surface area contributed by atoms with Gasteiger partial charge in [0.2, 0.25) is 5.91 Å². The van der Waals surface area contributed by atoms with Gasteiger partial charge < -0.3 is 19.4 Å². The second-order valence-electron chi connectivity index (χ2n) is 14.1. The second kappa shape index (κ2) is 13.6. The number of piperazine rings is 1. The first-order valence-corrected chi connectivity index (χ1v) is 17.3. The first-order valence-electron chi connectivity index (χ1n) is 17.3. The second-order valence-corrected chi connectivity index (χ2v) is 14.1. The molecule has 3 aliphatic heterocycles. The molecule has 3 aliphatic rings. The maximum absolute atomic E-state index is 12.8. The van der Waals surface area contributed by atoms with Crippen LogP contribution < -0.4 is 9.64 Å². The summed E-state index contributed by atoms with van der Waals surface area (Å²) in [6.45, 7) is 14.2. The molecule has 9 heteroatoms. The van der Waals surface area contributed by atoms with Crippen molar-refractivity contribution >= 4 is 22.6 Å². The summed E-state index contributed by atoms with van der Waals surface area (Å²) in [7, 11) is 2.23. The Labute approximate surface area is 278 Å². The highest BCUT2D eigenvalue weighted by atomic mass is 16.5. The molecule has 3 fully saturated rings. The van der Waals surface area contributed by atoms with Gasteiger partial charge in [-0.3, -0.25) is 9.69 Å². The minimum atomic E-state index is 0.199. The van der Waals surface area contributed by atoms with Crippen LogP contribution in [0, 0.1) is 5.92 Å². The third kappa shape index (κ3) is 7.11. The number of carbonyl (C=O) groups excluding carboxylic acids is 1. The lowest BCUT2D eigenvalue weighted by Crippen LogP contribution is -2.53. The lowest BCUT2D eigenvalue weighted by molar-refractivity contribution is -0.128. The maximum Gasteiger partial charge on any atom is 0.223 e. The Morgan fingerprint density at radius 1 is 0.894 bits per heavy atom. The molecule has 2 aromatic heterocycles. The lowest BCUT2D eigenvalue weighted by Gasteiger charge is -2.42. The van der Waals surface area contributed by atoms with E-state index in [1.54, 1.807) is 0 Å². The highest BCUT2D eigenvalue weighted by Gasteiger charge is 2.29. The fourth-order valence-corrected chi connectivity index (χ4v) is 7.21. The van der Waals surface area contributed by atoms with Gasteiger partial charge in [0, 0.05) is 74.3 Å². The van der Waals surface area contributed by atoms with Gasteiger partial charge in [0.1, 0.15) is 17.3 Å². The molecule has 9 nitrogen and oxygen atoms in total. The number of aromatic nitrogens is 3. The highest BCUT2D eigenvalue weighted by molar-refractivity contribution is 5.84. The van der Waals surface area contributed by atoms with Crippen LogP contribution in [0.4, 0.5) is 5.82 Å². The molecular weight excluding hydrogens is 586 g/mol. The summed E-state index contributed by atoms with van der Waals surface area (Å²) in [6.07, 6.45) is 3.13. The third-order valence-corrected chi connectivity index (χ3v) is 10.1. The van der Waals surface area contributed by atoms with Crippen LogP contribution in [0.1, 0.15) is 57.2 Å². The van der Waals surface area contributed by atoms with Gasteiger partial charge in [-0.2, -0.15) is 10.2 Å². The van der Waals surface area contributed by atoms with Crippen LogP contribution in [0.25, 0.3) is 22.2 Å². The van der Waals surface area contributed by atoms with Gasteiger partial charge in [-0.1, -0.05) is 20.8 Å². The normalized spacial score (nSPS) is 20.1. The van der Waals surface area contributed by atoms with Gasteiger partial charge in [0.15, 0.2) is 0 Å². The van der Waals surface area contributed by atoms with E-state index in [1.807, 2.05) is 41.3 Å². The van der Waals surface area contributed by atoms with Crippen LogP contribution in [0.15, 0.2) is 60.7 Å². The zero-order valence-corrected chi connectivity index (χ0v) is 28.2. The molecule has 1 atom stereocenters. The molecule has 0 N–H and O–H groups in total. The topological polar surface area (TPSA) is 77.9 Å². The predicted octanol–water partition coefficient (Wildman–Crippen LogP) is 6.19. The summed E-state index contributed by atoms with van der Waals surface area (Å²) in [5.74, 6) is 3.37. The minimum absolute atomic E-state index is 0.199. The lowest BCUT2D eigenvalue weighted by atomic mass is 10.0. The molecule has 3 saturated heterocycles. The van der Waals surface area contributed by atoms with Crippen LogP contribution >= 0.6 is 0 Å². The molecule has 0 saturated carbocycles. The number of pyridine rings is 1. The van der Waals surface area contributed by atoms with Crippen molar-refractivity contribution in [3.63, 3.8) is 0 Å². The Morgan fingerprint density at radius 2 is 1.66 bits per heavy atom. The van der Waals surface area contributed by atoms with Gasteiger partial charge in [-0.15, -0.1) is 0 Å². The van der Waals surface area contributed by atoms with Crippen molar-refractivity contribution in [1.29, 1.82) is 0 Å². The molecule has 2 aromatic carbocycles. The zero-order chi connectivity index (χ0) is 32.5. The van der Waals surface area contributed by atoms with Crippen molar-refractivity contribution in [3.8, 4) is 22.8 Å². The van der Waals surface area contributed by atoms with Gasteiger partial charge in [-0.25, -0.2) is 4.98 Å². The van der Waals surface area contributed by atoms with Crippen molar-refractivity contribution in [3.05, 3.63) is 71.9 Å². The van der Waals surface area contributed by atoms with Crippen LogP contribution in [0.5, 0.6) is 11.5 Å². The number of ether oxygens (including phenoxy) is 1. The SMILES string of the molecule is CC(C)c1ccc(-c2ccc(Oc3cc4nc(N5CCN(C6CCN(C)CC6)CC5)ccc4cc3CN3C[C@@H](C)CC3=O)cc2)nn1. The molecule has 4 aromatic rings. The quantitative estimate of drug-likeness (QED) is 0.227. The number of piperidine rings is 1. The number of hydrogen-bond donors (Lipinski definition) is 0. The Kier molecular flexibility index (Phi) is 9.10. The van der Waals surface area contributed by atoms with E-state index in [-0.39, 0.29) is 5.91 Å². The molecule has 0 radical (unpaired) electrons. The summed E-state index contributed by atoms with van der Waals surface area (Å²) in [5.41, 5.74) is 4.68. The number of fused-ring (bicyclic) bond motifs is 1. The van der Waals surface area contributed by atoms with E-state index in [2.05, 4.69) is 77.0 Å². The van der Waals surface area contributed by atoms with E-state index < -0.39 is 0 Å². The van der Waals surface area contributed by atoms with Crippen LogP contribution in [0.3, 0.4) is 0 Å². The molecular formula is C38H47N7O2. The summed E-state index contributed by atoms with van der Waals surface area (Å²) in [6, 6.07) is 21.3. The molecule has 246 valence electrons. The molecule has 0 unspecified atom stereocenters.